The Morgan fingerprint density at radius 3 is 2.69 bits per heavy atom. The second-order valence-corrected chi connectivity index (χ2v) is 5.53. The van der Waals surface area contributed by atoms with Gasteiger partial charge in [-0.15, -0.1) is 0 Å². The first-order valence-corrected chi connectivity index (χ1v) is 5.49. The Hall–Kier alpha value is -0.350. The highest BCUT2D eigenvalue weighted by atomic mass is 79.9. The van der Waals surface area contributed by atoms with Gasteiger partial charge < -0.3 is 4.74 Å². The number of alkyl halides is 2. The van der Waals surface area contributed by atoms with Crippen LogP contribution < -0.4 is 4.74 Å². The summed E-state index contributed by atoms with van der Waals surface area (Å²) in [5.74, 6) is 0.256. The maximum atomic E-state index is 10.6. The van der Waals surface area contributed by atoms with Crippen LogP contribution in [0.15, 0.2) is 24.3 Å². The van der Waals surface area contributed by atoms with E-state index in [1.807, 2.05) is 12.1 Å². The van der Waals surface area contributed by atoms with Crippen molar-refractivity contribution in [1.82, 2.24) is 0 Å². The van der Waals surface area contributed by atoms with Crippen molar-refractivity contribution in [2.24, 2.45) is 0 Å². The zero-order valence-corrected chi connectivity index (χ0v) is 10.1. The fourth-order valence-corrected chi connectivity index (χ4v) is 1.45. The van der Waals surface area contributed by atoms with Crippen molar-refractivity contribution in [2.45, 2.75) is 10.7 Å². The minimum atomic E-state index is -0.308. The first-order valence-electron chi connectivity index (χ1n) is 3.66. The van der Waals surface area contributed by atoms with E-state index >= 15 is 0 Å². The summed E-state index contributed by atoms with van der Waals surface area (Å²) in [6.07, 6.45) is 0. The SMILES string of the molecule is CC(=O)Oc1cccc(C(Br)Br)c1. The third-order valence-corrected chi connectivity index (χ3v) is 2.43. The van der Waals surface area contributed by atoms with Gasteiger partial charge in [0.1, 0.15) is 5.75 Å². The molecule has 13 heavy (non-hydrogen) atoms. The summed E-state index contributed by atoms with van der Waals surface area (Å²) >= 11 is 6.72. The van der Waals surface area contributed by atoms with Gasteiger partial charge in [0, 0.05) is 6.92 Å². The van der Waals surface area contributed by atoms with E-state index in [0.29, 0.717) is 5.75 Å². The minimum absolute atomic E-state index is 0.0792. The second kappa shape index (κ2) is 4.77. The van der Waals surface area contributed by atoms with Crippen LogP contribution in [0.1, 0.15) is 16.2 Å². The molecule has 4 heteroatoms. The molecule has 1 aromatic carbocycles. The first kappa shape index (κ1) is 10.7. The topological polar surface area (TPSA) is 26.3 Å². The third kappa shape index (κ3) is 3.48. The molecule has 0 unspecified atom stereocenters. The lowest BCUT2D eigenvalue weighted by Gasteiger charge is -2.05. The second-order valence-electron chi connectivity index (χ2n) is 2.47. The molecule has 0 bridgehead atoms. The van der Waals surface area contributed by atoms with E-state index < -0.39 is 0 Å². The lowest BCUT2D eigenvalue weighted by atomic mass is 10.2. The number of hydrogen-bond donors (Lipinski definition) is 0. The quantitative estimate of drug-likeness (QED) is 0.475. The molecule has 1 rings (SSSR count). The van der Waals surface area contributed by atoms with Crippen LogP contribution in [0.3, 0.4) is 0 Å². The molecular weight excluding hydrogens is 300 g/mol. The summed E-state index contributed by atoms with van der Waals surface area (Å²) in [4.78, 5) is 10.6. The zero-order chi connectivity index (χ0) is 9.84. The van der Waals surface area contributed by atoms with Crippen molar-refractivity contribution >= 4 is 37.8 Å². The van der Waals surface area contributed by atoms with Gasteiger partial charge in [-0.05, 0) is 17.7 Å². The van der Waals surface area contributed by atoms with Crippen LogP contribution in [0.4, 0.5) is 0 Å². The fourth-order valence-electron chi connectivity index (χ4n) is 0.880. The largest absolute Gasteiger partial charge is 0.427 e. The number of carbonyl (C=O) groups excluding carboxylic acids is 1. The van der Waals surface area contributed by atoms with Crippen molar-refractivity contribution in [2.75, 3.05) is 0 Å². The Bertz CT molecular complexity index is 310. The Morgan fingerprint density at radius 1 is 1.46 bits per heavy atom. The summed E-state index contributed by atoms with van der Waals surface area (Å²) < 4.78 is 5.00. The van der Waals surface area contributed by atoms with Gasteiger partial charge >= 0.3 is 5.97 Å². The Balaban J connectivity index is 2.85. The third-order valence-electron chi connectivity index (χ3n) is 1.37. The van der Waals surface area contributed by atoms with E-state index in [1.165, 1.54) is 6.92 Å². The summed E-state index contributed by atoms with van der Waals surface area (Å²) in [7, 11) is 0. The van der Waals surface area contributed by atoms with E-state index in [4.69, 9.17) is 4.74 Å². The van der Waals surface area contributed by atoms with Gasteiger partial charge in [-0.3, -0.25) is 4.79 Å². The predicted octanol–water partition coefficient (Wildman–Crippen LogP) is 3.40. The molecule has 0 aliphatic rings. The molecule has 0 saturated heterocycles. The Morgan fingerprint density at radius 2 is 2.15 bits per heavy atom. The molecule has 0 radical (unpaired) electrons. The number of esters is 1. The number of hydrogen-bond acceptors (Lipinski definition) is 2. The van der Waals surface area contributed by atoms with Crippen LogP contribution in [0, 0.1) is 0 Å². The number of halogens is 2. The first-order chi connectivity index (χ1) is 6.09. The summed E-state index contributed by atoms with van der Waals surface area (Å²) in [5.41, 5.74) is 1.01. The minimum Gasteiger partial charge on any atom is -0.427 e. The van der Waals surface area contributed by atoms with Gasteiger partial charge in [0.15, 0.2) is 0 Å². The normalized spacial score (nSPS) is 10.2. The van der Waals surface area contributed by atoms with Crippen molar-refractivity contribution in [3.63, 3.8) is 0 Å². The van der Waals surface area contributed by atoms with Gasteiger partial charge in [0.05, 0.1) is 3.74 Å². The highest BCUT2D eigenvalue weighted by Gasteiger charge is 2.04. The number of benzene rings is 1. The van der Waals surface area contributed by atoms with E-state index in [0.717, 1.165) is 5.56 Å². The molecule has 0 fully saturated rings. The molecule has 0 aliphatic carbocycles. The summed E-state index contributed by atoms with van der Waals surface area (Å²) in [6.45, 7) is 1.38. The molecule has 0 saturated carbocycles. The zero-order valence-electron chi connectivity index (χ0n) is 6.96. The van der Waals surface area contributed by atoms with Crippen molar-refractivity contribution in [1.29, 1.82) is 0 Å². The van der Waals surface area contributed by atoms with E-state index in [-0.39, 0.29) is 9.71 Å². The van der Waals surface area contributed by atoms with Gasteiger partial charge in [-0.1, -0.05) is 44.0 Å². The van der Waals surface area contributed by atoms with Crippen LogP contribution in [0.2, 0.25) is 0 Å². The molecule has 0 amide bonds. The number of carbonyl (C=O) groups is 1. The Kier molecular flexibility index (Phi) is 3.93. The lowest BCUT2D eigenvalue weighted by Crippen LogP contribution is -2.01. The maximum Gasteiger partial charge on any atom is 0.308 e. The fraction of sp³-hybridized carbons (Fsp3) is 0.222. The standard InChI is InChI=1S/C9H8Br2O2/c1-6(12)13-8-4-2-3-7(5-8)9(10)11/h2-5,9H,1H3. The number of ether oxygens (including phenoxy) is 1. The summed E-state index contributed by atoms with van der Waals surface area (Å²) in [6, 6.07) is 7.31. The molecule has 0 aliphatic heterocycles. The van der Waals surface area contributed by atoms with Crippen LogP contribution in [-0.2, 0) is 4.79 Å². The van der Waals surface area contributed by atoms with Crippen LogP contribution in [0.25, 0.3) is 0 Å². The molecular formula is C9H8Br2O2. The van der Waals surface area contributed by atoms with E-state index in [2.05, 4.69) is 31.9 Å². The summed E-state index contributed by atoms with van der Waals surface area (Å²) in [5, 5.41) is 0. The van der Waals surface area contributed by atoms with Crippen LogP contribution in [-0.4, -0.2) is 5.97 Å². The van der Waals surface area contributed by atoms with Crippen LogP contribution >= 0.6 is 31.9 Å². The predicted molar refractivity (Wildman–Crippen MR) is 58.3 cm³/mol. The smallest absolute Gasteiger partial charge is 0.308 e. The van der Waals surface area contributed by atoms with Crippen molar-refractivity contribution in [3.8, 4) is 5.75 Å². The highest BCUT2D eigenvalue weighted by molar-refractivity contribution is 9.24. The lowest BCUT2D eigenvalue weighted by molar-refractivity contribution is -0.131. The molecule has 70 valence electrons. The van der Waals surface area contributed by atoms with Gasteiger partial charge in [0.2, 0.25) is 0 Å². The molecule has 0 atom stereocenters. The van der Waals surface area contributed by atoms with Crippen molar-refractivity contribution in [3.05, 3.63) is 29.8 Å². The van der Waals surface area contributed by atoms with Crippen LogP contribution in [0.5, 0.6) is 5.75 Å². The Labute approximate surface area is 93.5 Å². The molecule has 0 aromatic heterocycles. The maximum absolute atomic E-state index is 10.6. The average molecular weight is 308 g/mol. The molecule has 0 N–H and O–H groups in total. The van der Waals surface area contributed by atoms with Gasteiger partial charge in [-0.25, -0.2) is 0 Å². The van der Waals surface area contributed by atoms with Crippen molar-refractivity contribution < 1.29 is 9.53 Å². The van der Waals surface area contributed by atoms with Gasteiger partial charge in [-0.2, -0.15) is 0 Å². The highest BCUT2D eigenvalue weighted by Crippen LogP contribution is 2.30. The number of rotatable bonds is 2. The molecule has 1 aromatic rings. The van der Waals surface area contributed by atoms with E-state index in [9.17, 15) is 4.79 Å². The molecule has 2 nitrogen and oxygen atoms in total. The average Bonchev–Trinajstić information content (AvgIpc) is 2.03. The van der Waals surface area contributed by atoms with Gasteiger partial charge in [0.25, 0.3) is 0 Å². The van der Waals surface area contributed by atoms with E-state index in [1.54, 1.807) is 12.1 Å². The molecule has 0 heterocycles. The monoisotopic (exact) mass is 306 g/mol. The molecule has 0 spiro atoms.